The number of hydrogen-bond acceptors (Lipinski definition) is 3. The maximum absolute atomic E-state index is 12.8. The van der Waals surface area contributed by atoms with Gasteiger partial charge < -0.3 is 0 Å². The minimum absolute atomic E-state index is 0.270. The number of aliphatic imine (C=N–C) groups is 1. The molecule has 4 nitrogen and oxygen atoms in total. The second-order valence-corrected chi connectivity index (χ2v) is 7.83. The molecule has 0 N–H and O–H groups in total. The first-order valence-electron chi connectivity index (χ1n) is 7.28. The second kappa shape index (κ2) is 5.98. The SMILES string of the molecule is CC1=NC(c2ccccc2Cl)CN1S(=O)(=O)c1ccc(C)cc1. The Kier molecular flexibility index (Phi) is 4.17. The Labute approximate surface area is 141 Å². The largest absolute Gasteiger partial charge is 0.265 e. The number of sulfonamides is 1. The maximum atomic E-state index is 12.8. The van der Waals surface area contributed by atoms with Crippen molar-refractivity contribution in [3.63, 3.8) is 0 Å². The Morgan fingerprint density at radius 2 is 1.74 bits per heavy atom. The molecular formula is C17H17ClN2O2S. The average molecular weight is 349 g/mol. The molecule has 0 bridgehead atoms. The van der Waals surface area contributed by atoms with Crippen LogP contribution in [0.25, 0.3) is 0 Å². The molecule has 1 atom stereocenters. The van der Waals surface area contributed by atoms with Crippen molar-refractivity contribution in [2.75, 3.05) is 6.54 Å². The summed E-state index contributed by atoms with van der Waals surface area (Å²) < 4.78 is 27.0. The lowest BCUT2D eigenvalue weighted by atomic mass is 10.1. The fourth-order valence-corrected chi connectivity index (χ4v) is 4.37. The van der Waals surface area contributed by atoms with E-state index in [9.17, 15) is 8.42 Å². The van der Waals surface area contributed by atoms with E-state index in [0.29, 0.717) is 10.9 Å². The lowest BCUT2D eigenvalue weighted by molar-refractivity contribution is 0.519. The van der Waals surface area contributed by atoms with E-state index in [4.69, 9.17) is 11.6 Å². The lowest BCUT2D eigenvalue weighted by Gasteiger charge is -2.19. The molecule has 0 aromatic heterocycles. The van der Waals surface area contributed by atoms with E-state index in [0.717, 1.165) is 11.1 Å². The zero-order valence-electron chi connectivity index (χ0n) is 12.9. The highest BCUT2D eigenvalue weighted by Crippen LogP contribution is 2.32. The van der Waals surface area contributed by atoms with Crippen LogP contribution in [0.3, 0.4) is 0 Å². The Bertz CT molecular complexity index is 860. The summed E-state index contributed by atoms with van der Waals surface area (Å²) in [5.74, 6) is 0.482. The highest BCUT2D eigenvalue weighted by molar-refractivity contribution is 7.89. The van der Waals surface area contributed by atoms with Crippen molar-refractivity contribution in [1.82, 2.24) is 4.31 Å². The predicted molar refractivity (Wildman–Crippen MR) is 92.4 cm³/mol. The maximum Gasteiger partial charge on any atom is 0.265 e. The number of aryl methyl sites for hydroxylation is 1. The van der Waals surface area contributed by atoms with Crippen molar-refractivity contribution < 1.29 is 8.42 Å². The number of benzene rings is 2. The summed E-state index contributed by atoms with van der Waals surface area (Å²) in [6, 6.07) is 14.0. The van der Waals surface area contributed by atoms with Gasteiger partial charge in [-0.25, -0.2) is 8.42 Å². The van der Waals surface area contributed by atoms with Crippen molar-refractivity contribution in [2.45, 2.75) is 24.8 Å². The van der Waals surface area contributed by atoms with Gasteiger partial charge in [0.1, 0.15) is 5.84 Å². The van der Waals surface area contributed by atoms with Crippen LogP contribution in [-0.2, 0) is 10.0 Å². The van der Waals surface area contributed by atoms with Gasteiger partial charge in [-0.05, 0) is 37.6 Å². The molecule has 0 radical (unpaired) electrons. The third-order valence-corrected chi connectivity index (χ3v) is 6.12. The lowest BCUT2D eigenvalue weighted by Crippen LogP contribution is -2.33. The van der Waals surface area contributed by atoms with Crippen LogP contribution >= 0.6 is 11.6 Å². The minimum Gasteiger partial charge on any atom is -0.262 e. The van der Waals surface area contributed by atoms with E-state index in [-0.39, 0.29) is 17.5 Å². The smallest absolute Gasteiger partial charge is 0.262 e. The highest BCUT2D eigenvalue weighted by Gasteiger charge is 2.34. The third-order valence-electron chi connectivity index (χ3n) is 3.92. The summed E-state index contributed by atoms with van der Waals surface area (Å²) in [7, 11) is -3.60. The van der Waals surface area contributed by atoms with Crippen LogP contribution in [0.5, 0.6) is 0 Å². The van der Waals surface area contributed by atoms with Crippen molar-refractivity contribution in [2.24, 2.45) is 4.99 Å². The number of rotatable bonds is 3. The van der Waals surface area contributed by atoms with Crippen LogP contribution in [-0.4, -0.2) is 25.1 Å². The summed E-state index contributed by atoms with van der Waals surface area (Å²) in [6.07, 6.45) is 0. The summed E-state index contributed by atoms with van der Waals surface area (Å²) in [4.78, 5) is 4.76. The fourth-order valence-electron chi connectivity index (χ4n) is 2.64. The van der Waals surface area contributed by atoms with E-state index in [1.54, 1.807) is 37.3 Å². The Morgan fingerprint density at radius 1 is 1.09 bits per heavy atom. The molecule has 120 valence electrons. The molecule has 1 aliphatic rings. The molecule has 0 saturated heterocycles. The second-order valence-electron chi connectivity index (χ2n) is 5.56. The molecule has 0 saturated carbocycles. The zero-order valence-corrected chi connectivity index (χ0v) is 14.5. The molecule has 23 heavy (non-hydrogen) atoms. The molecule has 0 aliphatic carbocycles. The molecule has 1 heterocycles. The van der Waals surface area contributed by atoms with Gasteiger partial charge in [0.25, 0.3) is 10.0 Å². The van der Waals surface area contributed by atoms with Gasteiger partial charge in [-0.15, -0.1) is 0 Å². The molecule has 0 fully saturated rings. The average Bonchev–Trinajstić information content (AvgIpc) is 2.90. The van der Waals surface area contributed by atoms with Crippen LogP contribution in [0.1, 0.15) is 24.1 Å². The molecule has 0 spiro atoms. The fraction of sp³-hybridized carbons (Fsp3) is 0.235. The van der Waals surface area contributed by atoms with E-state index in [1.165, 1.54) is 4.31 Å². The quantitative estimate of drug-likeness (QED) is 0.846. The van der Waals surface area contributed by atoms with Crippen LogP contribution in [0, 0.1) is 6.92 Å². The van der Waals surface area contributed by atoms with E-state index >= 15 is 0 Å². The zero-order chi connectivity index (χ0) is 16.6. The van der Waals surface area contributed by atoms with Crippen molar-refractivity contribution >= 4 is 27.5 Å². The monoisotopic (exact) mass is 348 g/mol. The molecule has 2 aromatic rings. The van der Waals surface area contributed by atoms with Crippen molar-refractivity contribution in [3.05, 3.63) is 64.7 Å². The van der Waals surface area contributed by atoms with Crippen LogP contribution in [0.2, 0.25) is 5.02 Å². The minimum atomic E-state index is -3.60. The van der Waals surface area contributed by atoms with Gasteiger partial charge >= 0.3 is 0 Å². The summed E-state index contributed by atoms with van der Waals surface area (Å²) in [5.41, 5.74) is 1.86. The van der Waals surface area contributed by atoms with Gasteiger partial charge in [0.05, 0.1) is 17.5 Å². The molecule has 3 rings (SSSR count). The number of nitrogens with zero attached hydrogens (tertiary/aromatic N) is 2. The van der Waals surface area contributed by atoms with Crippen LogP contribution in [0.4, 0.5) is 0 Å². The third kappa shape index (κ3) is 2.99. The van der Waals surface area contributed by atoms with Crippen LogP contribution in [0.15, 0.2) is 58.4 Å². The summed E-state index contributed by atoms with van der Waals surface area (Å²) >= 11 is 6.21. The molecule has 1 unspecified atom stereocenters. The summed E-state index contributed by atoms with van der Waals surface area (Å²) in [6.45, 7) is 3.90. The van der Waals surface area contributed by atoms with Crippen molar-refractivity contribution in [1.29, 1.82) is 0 Å². The first-order valence-corrected chi connectivity index (χ1v) is 9.09. The molecule has 6 heteroatoms. The first-order chi connectivity index (χ1) is 10.9. The molecule has 2 aromatic carbocycles. The van der Waals surface area contributed by atoms with Gasteiger partial charge in [-0.3, -0.25) is 9.30 Å². The number of hydrogen-bond donors (Lipinski definition) is 0. The number of halogens is 1. The van der Waals surface area contributed by atoms with Crippen LogP contribution < -0.4 is 0 Å². The predicted octanol–water partition coefficient (Wildman–Crippen LogP) is 3.81. The summed E-state index contributed by atoms with van der Waals surface area (Å²) in [5, 5.41) is 0.601. The van der Waals surface area contributed by atoms with Gasteiger partial charge in [-0.1, -0.05) is 47.5 Å². The van der Waals surface area contributed by atoms with E-state index < -0.39 is 10.0 Å². The molecule has 0 amide bonds. The van der Waals surface area contributed by atoms with Gasteiger partial charge in [-0.2, -0.15) is 0 Å². The van der Waals surface area contributed by atoms with Gasteiger partial charge in [0.15, 0.2) is 0 Å². The highest BCUT2D eigenvalue weighted by atomic mass is 35.5. The van der Waals surface area contributed by atoms with E-state index in [2.05, 4.69) is 4.99 Å². The normalized spacial score (nSPS) is 18.1. The molecule has 1 aliphatic heterocycles. The Hall–Kier alpha value is -1.85. The molecular weight excluding hydrogens is 332 g/mol. The topological polar surface area (TPSA) is 49.7 Å². The first kappa shape index (κ1) is 16.0. The van der Waals surface area contributed by atoms with Gasteiger partial charge in [0, 0.05) is 5.02 Å². The Balaban J connectivity index is 1.92. The number of amidine groups is 1. The van der Waals surface area contributed by atoms with Gasteiger partial charge in [0.2, 0.25) is 0 Å². The Morgan fingerprint density at radius 3 is 2.39 bits per heavy atom. The van der Waals surface area contributed by atoms with E-state index in [1.807, 2.05) is 25.1 Å². The standard InChI is InChI=1S/C17H17ClN2O2S/c1-12-7-9-14(10-8-12)23(21,22)20-11-17(19-13(20)2)15-5-3-4-6-16(15)18/h3-10,17H,11H2,1-2H3. The van der Waals surface area contributed by atoms with Crippen molar-refractivity contribution in [3.8, 4) is 0 Å².